The largest absolute Gasteiger partial charge is 0.379 e. The smallest absolute Gasteiger partial charge is 0.223 e. The number of morpholine rings is 1. The molecule has 2 aliphatic rings. The van der Waals surface area contributed by atoms with Crippen molar-refractivity contribution in [2.75, 3.05) is 39.4 Å². The Morgan fingerprint density at radius 2 is 1.85 bits per heavy atom. The third-order valence-electron chi connectivity index (χ3n) is 4.27. The van der Waals surface area contributed by atoms with Gasteiger partial charge in [-0.25, -0.2) is 0 Å². The molecule has 0 spiro atoms. The van der Waals surface area contributed by atoms with Crippen LogP contribution in [0.2, 0.25) is 0 Å². The van der Waals surface area contributed by atoms with Crippen LogP contribution in [0.5, 0.6) is 0 Å². The van der Waals surface area contributed by atoms with Crippen molar-refractivity contribution in [1.82, 2.24) is 9.80 Å². The van der Waals surface area contributed by atoms with Gasteiger partial charge in [0.1, 0.15) is 0 Å². The number of ether oxygens (including phenoxy) is 1. The van der Waals surface area contributed by atoms with E-state index in [1.807, 2.05) is 6.07 Å². The van der Waals surface area contributed by atoms with Gasteiger partial charge in [0.15, 0.2) is 0 Å². The molecular formula is C16H22N2O2. The summed E-state index contributed by atoms with van der Waals surface area (Å²) >= 11 is 0. The van der Waals surface area contributed by atoms with Gasteiger partial charge < -0.3 is 9.64 Å². The number of nitrogens with zero attached hydrogens (tertiary/aromatic N) is 2. The van der Waals surface area contributed by atoms with Gasteiger partial charge in [0, 0.05) is 32.6 Å². The number of rotatable bonds is 4. The van der Waals surface area contributed by atoms with Gasteiger partial charge in [0.25, 0.3) is 0 Å². The van der Waals surface area contributed by atoms with Crippen LogP contribution in [0.1, 0.15) is 24.4 Å². The molecule has 2 heterocycles. The number of likely N-dealkylation sites (tertiary alicyclic amines) is 1. The zero-order valence-electron chi connectivity index (χ0n) is 11.8. The quantitative estimate of drug-likeness (QED) is 0.837. The first-order chi connectivity index (χ1) is 9.84. The van der Waals surface area contributed by atoms with Gasteiger partial charge >= 0.3 is 0 Å². The van der Waals surface area contributed by atoms with Crippen molar-refractivity contribution in [2.45, 2.75) is 18.9 Å². The van der Waals surface area contributed by atoms with Crippen molar-refractivity contribution in [3.05, 3.63) is 35.9 Å². The predicted octanol–water partition coefficient (Wildman–Crippen LogP) is 1.68. The van der Waals surface area contributed by atoms with E-state index in [2.05, 4.69) is 34.1 Å². The van der Waals surface area contributed by atoms with Crippen LogP contribution in [0.25, 0.3) is 0 Å². The van der Waals surface area contributed by atoms with Crippen molar-refractivity contribution in [3.8, 4) is 0 Å². The first-order valence-electron chi connectivity index (χ1n) is 7.49. The summed E-state index contributed by atoms with van der Waals surface area (Å²) in [7, 11) is 0. The molecule has 20 heavy (non-hydrogen) atoms. The Bertz CT molecular complexity index is 443. The van der Waals surface area contributed by atoms with Gasteiger partial charge in [-0.2, -0.15) is 0 Å². The molecule has 0 aromatic heterocycles. The summed E-state index contributed by atoms with van der Waals surface area (Å²) in [5, 5.41) is 0. The topological polar surface area (TPSA) is 32.8 Å². The van der Waals surface area contributed by atoms with Crippen LogP contribution in [-0.4, -0.2) is 55.1 Å². The van der Waals surface area contributed by atoms with Crippen LogP contribution >= 0.6 is 0 Å². The molecule has 0 saturated carbocycles. The van der Waals surface area contributed by atoms with E-state index in [-0.39, 0.29) is 6.04 Å². The molecule has 1 atom stereocenters. The highest BCUT2D eigenvalue weighted by Crippen LogP contribution is 2.32. The molecule has 1 aromatic rings. The van der Waals surface area contributed by atoms with Crippen LogP contribution in [0.15, 0.2) is 30.3 Å². The first kappa shape index (κ1) is 13.6. The molecule has 1 aromatic carbocycles. The molecule has 0 N–H and O–H groups in total. The van der Waals surface area contributed by atoms with Crippen molar-refractivity contribution in [1.29, 1.82) is 0 Å². The lowest BCUT2D eigenvalue weighted by Gasteiger charge is -2.31. The van der Waals surface area contributed by atoms with Crippen molar-refractivity contribution in [3.63, 3.8) is 0 Å². The lowest BCUT2D eigenvalue weighted by molar-refractivity contribution is -0.129. The zero-order chi connectivity index (χ0) is 13.8. The fraction of sp³-hybridized carbons (Fsp3) is 0.562. The Morgan fingerprint density at radius 1 is 1.10 bits per heavy atom. The van der Waals surface area contributed by atoms with Crippen molar-refractivity contribution >= 4 is 5.91 Å². The summed E-state index contributed by atoms with van der Waals surface area (Å²) in [6, 6.07) is 10.7. The minimum Gasteiger partial charge on any atom is -0.379 e. The monoisotopic (exact) mass is 274 g/mol. The number of carbonyl (C=O) groups excluding carboxylic acids is 1. The standard InChI is InChI=1S/C16H22N2O2/c19-16-7-6-15(14-4-2-1-3-5-14)18(16)9-8-17-10-12-20-13-11-17/h1-5,15H,6-13H2. The minimum absolute atomic E-state index is 0.268. The van der Waals surface area contributed by atoms with Gasteiger partial charge in [-0.3, -0.25) is 9.69 Å². The summed E-state index contributed by atoms with van der Waals surface area (Å²) < 4.78 is 5.36. The van der Waals surface area contributed by atoms with Gasteiger partial charge in [0.2, 0.25) is 5.91 Å². The molecule has 0 bridgehead atoms. The van der Waals surface area contributed by atoms with Crippen LogP contribution in [0.4, 0.5) is 0 Å². The molecule has 108 valence electrons. The molecule has 0 radical (unpaired) electrons. The summed E-state index contributed by atoms with van der Waals surface area (Å²) in [5.41, 5.74) is 1.26. The molecule has 4 heteroatoms. The van der Waals surface area contributed by atoms with Crippen LogP contribution in [0.3, 0.4) is 0 Å². The third-order valence-corrected chi connectivity index (χ3v) is 4.27. The van der Waals surface area contributed by atoms with Crippen LogP contribution in [-0.2, 0) is 9.53 Å². The second kappa shape index (κ2) is 6.37. The summed E-state index contributed by atoms with van der Waals surface area (Å²) in [6.07, 6.45) is 1.63. The van der Waals surface area contributed by atoms with E-state index in [9.17, 15) is 4.79 Å². The number of carbonyl (C=O) groups is 1. The maximum Gasteiger partial charge on any atom is 0.223 e. The van der Waals surface area contributed by atoms with E-state index >= 15 is 0 Å². The van der Waals surface area contributed by atoms with Crippen LogP contribution < -0.4 is 0 Å². The van der Waals surface area contributed by atoms with E-state index in [0.717, 1.165) is 45.8 Å². The lowest BCUT2D eigenvalue weighted by atomic mass is 10.0. The molecular weight excluding hydrogens is 252 g/mol. The fourth-order valence-electron chi connectivity index (χ4n) is 3.11. The highest BCUT2D eigenvalue weighted by molar-refractivity contribution is 5.79. The van der Waals surface area contributed by atoms with Crippen molar-refractivity contribution in [2.24, 2.45) is 0 Å². The average Bonchev–Trinajstić information content (AvgIpc) is 2.88. The van der Waals surface area contributed by atoms with Crippen LogP contribution in [0, 0.1) is 0 Å². The Kier molecular flexibility index (Phi) is 4.33. The van der Waals surface area contributed by atoms with Gasteiger partial charge in [-0.15, -0.1) is 0 Å². The Balaban J connectivity index is 1.62. The Morgan fingerprint density at radius 3 is 2.60 bits per heavy atom. The molecule has 0 aliphatic carbocycles. The molecule has 2 saturated heterocycles. The van der Waals surface area contributed by atoms with E-state index in [1.165, 1.54) is 5.56 Å². The average molecular weight is 274 g/mol. The third kappa shape index (κ3) is 3.02. The molecule has 2 aliphatic heterocycles. The lowest BCUT2D eigenvalue weighted by Crippen LogP contribution is -2.42. The van der Waals surface area contributed by atoms with E-state index in [4.69, 9.17) is 4.74 Å². The maximum absolute atomic E-state index is 12.1. The zero-order valence-corrected chi connectivity index (χ0v) is 11.8. The van der Waals surface area contributed by atoms with Crippen molar-refractivity contribution < 1.29 is 9.53 Å². The molecule has 1 amide bonds. The highest BCUT2D eigenvalue weighted by atomic mass is 16.5. The minimum atomic E-state index is 0.268. The Labute approximate surface area is 120 Å². The number of amides is 1. The Hall–Kier alpha value is -1.39. The highest BCUT2D eigenvalue weighted by Gasteiger charge is 2.31. The number of hydrogen-bond donors (Lipinski definition) is 0. The van der Waals surface area contributed by atoms with E-state index in [0.29, 0.717) is 12.3 Å². The van der Waals surface area contributed by atoms with Gasteiger partial charge in [0.05, 0.1) is 19.3 Å². The summed E-state index contributed by atoms with van der Waals surface area (Å²) in [4.78, 5) is 16.6. The molecule has 2 fully saturated rings. The van der Waals surface area contributed by atoms with E-state index in [1.54, 1.807) is 0 Å². The molecule has 4 nitrogen and oxygen atoms in total. The number of benzene rings is 1. The SMILES string of the molecule is O=C1CCC(c2ccccc2)N1CCN1CCOCC1. The second-order valence-electron chi connectivity index (χ2n) is 5.51. The summed E-state index contributed by atoms with van der Waals surface area (Å²) in [6.45, 7) is 5.39. The maximum atomic E-state index is 12.1. The molecule has 3 rings (SSSR count). The molecule has 1 unspecified atom stereocenters. The first-order valence-corrected chi connectivity index (χ1v) is 7.49. The van der Waals surface area contributed by atoms with Gasteiger partial charge in [-0.1, -0.05) is 30.3 Å². The summed E-state index contributed by atoms with van der Waals surface area (Å²) in [5.74, 6) is 0.298. The van der Waals surface area contributed by atoms with E-state index < -0.39 is 0 Å². The fourth-order valence-corrected chi connectivity index (χ4v) is 3.11. The normalized spacial score (nSPS) is 24.3. The predicted molar refractivity (Wildman–Crippen MR) is 77.4 cm³/mol. The second-order valence-corrected chi connectivity index (χ2v) is 5.51. The number of hydrogen-bond acceptors (Lipinski definition) is 3. The van der Waals surface area contributed by atoms with Gasteiger partial charge in [-0.05, 0) is 12.0 Å².